The van der Waals surface area contributed by atoms with Gasteiger partial charge in [-0.25, -0.2) is 0 Å². The second-order valence-electron chi connectivity index (χ2n) is 9.25. The Labute approximate surface area is 200 Å². The third-order valence-corrected chi connectivity index (χ3v) is 6.59. The summed E-state index contributed by atoms with van der Waals surface area (Å²) in [4.78, 5) is 29.2. The number of hydrogen-bond acceptors (Lipinski definition) is 3. The lowest BCUT2D eigenvalue weighted by atomic mass is 10.1. The lowest BCUT2D eigenvalue weighted by Crippen LogP contribution is -2.38. The van der Waals surface area contributed by atoms with Crippen LogP contribution in [-0.2, 0) is 6.54 Å². The van der Waals surface area contributed by atoms with E-state index >= 15 is 0 Å². The molecule has 0 radical (unpaired) electrons. The highest BCUT2D eigenvalue weighted by molar-refractivity contribution is 6.21. The van der Waals surface area contributed by atoms with E-state index in [9.17, 15) is 9.59 Å². The maximum Gasteiger partial charge on any atom is 0.261 e. The van der Waals surface area contributed by atoms with Gasteiger partial charge in [0.25, 0.3) is 11.8 Å². The van der Waals surface area contributed by atoms with Crippen molar-refractivity contribution in [3.05, 3.63) is 71.3 Å². The maximum absolute atomic E-state index is 12.7. The van der Waals surface area contributed by atoms with Crippen LogP contribution in [0.15, 0.2) is 54.6 Å². The summed E-state index contributed by atoms with van der Waals surface area (Å²) in [5.41, 5.74) is 2.34. The van der Waals surface area contributed by atoms with Crippen molar-refractivity contribution in [2.75, 3.05) is 19.6 Å². The van der Waals surface area contributed by atoms with E-state index in [0.29, 0.717) is 24.2 Å². The fourth-order valence-electron chi connectivity index (χ4n) is 4.62. The van der Waals surface area contributed by atoms with Gasteiger partial charge in [0, 0.05) is 19.6 Å². The van der Waals surface area contributed by atoms with Gasteiger partial charge >= 0.3 is 0 Å². The average Bonchev–Trinajstić information content (AvgIpc) is 3.09. The van der Waals surface area contributed by atoms with E-state index in [2.05, 4.69) is 36.1 Å². The predicted molar refractivity (Wildman–Crippen MR) is 135 cm³/mol. The molecule has 33 heavy (non-hydrogen) atoms. The molecule has 0 atom stereocenters. The van der Waals surface area contributed by atoms with E-state index in [1.165, 1.54) is 68.3 Å². The largest absolute Gasteiger partial charge is 0.297 e. The van der Waals surface area contributed by atoms with Crippen LogP contribution < -0.4 is 0 Å². The van der Waals surface area contributed by atoms with Crippen molar-refractivity contribution in [3.63, 3.8) is 0 Å². The summed E-state index contributed by atoms with van der Waals surface area (Å²) < 4.78 is 0. The van der Waals surface area contributed by atoms with Crippen LogP contribution in [0.25, 0.3) is 0 Å². The molecule has 0 saturated heterocycles. The highest BCUT2D eigenvalue weighted by Crippen LogP contribution is 2.22. The standard InChI is InChI=1S/C29H40N2O2/c1-2-3-4-5-6-7-8-9-10-16-21-30(24-25-17-12-11-13-18-25)22-23-31-28(32)26-19-14-15-20-27(26)29(31)33/h11-15,17-20H,2-10,16,21-24H2,1H3. The van der Waals surface area contributed by atoms with Crippen LogP contribution in [0.5, 0.6) is 0 Å². The fourth-order valence-corrected chi connectivity index (χ4v) is 4.62. The normalized spacial score (nSPS) is 13.2. The summed E-state index contributed by atoms with van der Waals surface area (Å²) in [5, 5.41) is 0. The SMILES string of the molecule is CCCCCCCCCCCCN(CCN1C(=O)c2ccccc2C1=O)Cc1ccccc1. The minimum absolute atomic E-state index is 0.158. The van der Waals surface area contributed by atoms with Crippen molar-refractivity contribution in [2.45, 2.75) is 77.7 Å². The smallest absolute Gasteiger partial charge is 0.261 e. The molecule has 0 aromatic heterocycles. The first-order valence-electron chi connectivity index (χ1n) is 12.9. The molecule has 2 aromatic rings. The molecule has 0 saturated carbocycles. The van der Waals surface area contributed by atoms with Crippen LogP contribution >= 0.6 is 0 Å². The number of hydrogen-bond donors (Lipinski definition) is 0. The predicted octanol–water partition coefficient (Wildman–Crippen LogP) is 6.71. The quantitative estimate of drug-likeness (QED) is 0.212. The Morgan fingerprint density at radius 1 is 0.636 bits per heavy atom. The first kappa shape index (κ1) is 25.2. The fraction of sp³-hybridized carbons (Fsp3) is 0.517. The number of amides is 2. The number of fused-ring (bicyclic) bond motifs is 1. The first-order chi connectivity index (χ1) is 16.2. The molecule has 4 heteroatoms. The molecule has 3 rings (SSSR count). The van der Waals surface area contributed by atoms with Gasteiger partial charge in [-0.15, -0.1) is 0 Å². The van der Waals surface area contributed by atoms with E-state index in [1.54, 1.807) is 12.1 Å². The van der Waals surface area contributed by atoms with Crippen LogP contribution in [0.3, 0.4) is 0 Å². The Morgan fingerprint density at radius 3 is 1.73 bits per heavy atom. The molecule has 4 nitrogen and oxygen atoms in total. The molecule has 1 aliphatic heterocycles. The molecule has 2 aromatic carbocycles. The van der Waals surface area contributed by atoms with Gasteiger partial charge in [0.2, 0.25) is 0 Å². The Hall–Kier alpha value is -2.46. The van der Waals surface area contributed by atoms with Crippen LogP contribution in [0.4, 0.5) is 0 Å². The van der Waals surface area contributed by atoms with Gasteiger partial charge in [-0.3, -0.25) is 19.4 Å². The molecular weight excluding hydrogens is 408 g/mol. The van der Waals surface area contributed by atoms with Gasteiger partial charge in [0.15, 0.2) is 0 Å². The molecule has 1 heterocycles. The van der Waals surface area contributed by atoms with E-state index in [1.807, 2.05) is 18.2 Å². The van der Waals surface area contributed by atoms with Gasteiger partial charge < -0.3 is 0 Å². The third-order valence-electron chi connectivity index (χ3n) is 6.59. The van der Waals surface area contributed by atoms with Crippen molar-refractivity contribution in [2.24, 2.45) is 0 Å². The zero-order valence-corrected chi connectivity index (χ0v) is 20.3. The van der Waals surface area contributed by atoms with Crippen LogP contribution in [0.2, 0.25) is 0 Å². The zero-order chi connectivity index (χ0) is 23.3. The van der Waals surface area contributed by atoms with Crippen LogP contribution in [0, 0.1) is 0 Å². The van der Waals surface area contributed by atoms with Gasteiger partial charge in [0.05, 0.1) is 11.1 Å². The number of nitrogens with zero attached hydrogens (tertiary/aromatic N) is 2. The monoisotopic (exact) mass is 448 g/mol. The topological polar surface area (TPSA) is 40.6 Å². The summed E-state index contributed by atoms with van der Waals surface area (Å²) in [5.74, 6) is -0.316. The Balaban J connectivity index is 1.44. The molecule has 178 valence electrons. The minimum atomic E-state index is -0.158. The van der Waals surface area contributed by atoms with Crippen molar-refractivity contribution in [1.82, 2.24) is 9.80 Å². The molecule has 0 fully saturated rings. The van der Waals surface area contributed by atoms with Crippen molar-refractivity contribution in [1.29, 1.82) is 0 Å². The summed E-state index contributed by atoms with van der Waals surface area (Å²) in [6.45, 7) is 5.26. The number of imide groups is 1. The lowest BCUT2D eigenvalue weighted by Gasteiger charge is -2.25. The van der Waals surface area contributed by atoms with Crippen LogP contribution in [-0.4, -0.2) is 41.2 Å². The molecule has 2 amide bonds. The van der Waals surface area contributed by atoms with E-state index in [0.717, 1.165) is 19.5 Å². The van der Waals surface area contributed by atoms with Crippen molar-refractivity contribution in [3.8, 4) is 0 Å². The van der Waals surface area contributed by atoms with Crippen molar-refractivity contribution < 1.29 is 9.59 Å². The third kappa shape index (κ3) is 7.82. The molecule has 0 bridgehead atoms. The molecule has 1 aliphatic rings. The highest BCUT2D eigenvalue weighted by atomic mass is 16.2. The van der Waals surface area contributed by atoms with E-state index in [4.69, 9.17) is 0 Å². The number of rotatable bonds is 16. The maximum atomic E-state index is 12.7. The number of unbranched alkanes of at least 4 members (excludes halogenated alkanes) is 9. The summed E-state index contributed by atoms with van der Waals surface area (Å²) >= 11 is 0. The minimum Gasteiger partial charge on any atom is -0.297 e. The number of carbonyl (C=O) groups is 2. The van der Waals surface area contributed by atoms with E-state index in [-0.39, 0.29) is 11.8 Å². The Morgan fingerprint density at radius 2 is 1.15 bits per heavy atom. The second-order valence-corrected chi connectivity index (χ2v) is 9.25. The number of carbonyl (C=O) groups excluding carboxylic acids is 2. The first-order valence-corrected chi connectivity index (χ1v) is 12.9. The molecule has 0 aliphatic carbocycles. The molecule has 0 spiro atoms. The summed E-state index contributed by atoms with van der Waals surface area (Å²) in [6, 6.07) is 17.6. The van der Waals surface area contributed by atoms with E-state index < -0.39 is 0 Å². The van der Waals surface area contributed by atoms with Gasteiger partial charge in [-0.2, -0.15) is 0 Å². The molecule has 0 N–H and O–H groups in total. The summed E-state index contributed by atoms with van der Waals surface area (Å²) in [7, 11) is 0. The van der Waals surface area contributed by atoms with Crippen molar-refractivity contribution >= 4 is 11.8 Å². The lowest BCUT2D eigenvalue weighted by molar-refractivity contribution is 0.0634. The second kappa shape index (κ2) is 13.9. The van der Waals surface area contributed by atoms with Gasteiger partial charge in [0.1, 0.15) is 0 Å². The van der Waals surface area contributed by atoms with Gasteiger partial charge in [-0.05, 0) is 30.7 Å². The molecule has 0 unspecified atom stereocenters. The summed E-state index contributed by atoms with van der Waals surface area (Å²) in [6.07, 6.45) is 13.2. The highest BCUT2D eigenvalue weighted by Gasteiger charge is 2.34. The Kier molecular flexibility index (Phi) is 10.6. The zero-order valence-electron chi connectivity index (χ0n) is 20.3. The Bertz CT molecular complexity index is 830. The number of benzene rings is 2. The molecular formula is C29H40N2O2. The average molecular weight is 449 g/mol. The van der Waals surface area contributed by atoms with Crippen LogP contribution in [0.1, 0.15) is 97.4 Å². The van der Waals surface area contributed by atoms with Gasteiger partial charge in [-0.1, -0.05) is 107 Å².